The zero-order chi connectivity index (χ0) is 23.1. The number of fused-ring (bicyclic) bond motifs is 1. The molecule has 0 unspecified atom stereocenters. The quantitative estimate of drug-likeness (QED) is 0.480. The van der Waals surface area contributed by atoms with E-state index in [1.165, 1.54) is 17.9 Å². The molecule has 34 heavy (non-hydrogen) atoms. The Morgan fingerprint density at radius 2 is 2.12 bits per heavy atom. The van der Waals surface area contributed by atoms with Crippen LogP contribution < -0.4 is 10.2 Å². The number of anilines is 1. The van der Waals surface area contributed by atoms with Gasteiger partial charge < -0.3 is 10.1 Å². The summed E-state index contributed by atoms with van der Waals surface area (Å²) in [5, 5.41) is 14.1. The molecule has 0 aliphatic carbocycles. The van der Waals surface area contributed by atoms with Gasteiger partial charge in [0.1, 0.15) is 23.3 Å². The molecule has 1 N–H and O–H groups in total. The number of nitrogens with zero attached hydrogens (tertiary/aromatic N) is 7. The van der Waals surface area contributed by atoms with Gasteiger partial charge in [-0.1, -0.05) is 7.43 Å². The smallest absolute Gasteiger partial charge is 0.414 e. The van der Waals surface area contributed by atoms with Gasteiger partial charge in [0.25, 0.3) is 0 Å². The minimum atomic E-state index is -0.581. The van der Waals surface area contributed by atoms with Crippen molar-refractivity contribution in [2.75, 3.05) is 18.0 Å². The van der Waals surface area contributed by atoms with Crippen LogP contribution in [0.2, 0.25) is 0 Å². The van der Waals surface area contributed by atoms with Crippen molar-refractivity contribution in [1.29, 1.82) is 0 Å². The summed E-state index contributed by atoms with van der Waals surface area (Å²) in [5.41, 5.74) is 2.70. The maximum absolute atomic E-state index is 15.1. The van der Waals surface area contributed by atoms with Crippen LogP contribution in [0, 0.1) is 5.82 Å². The molecule has 5 rings (SSSR count). The highest BCUT2D eigenvalue weighted by atomic mass is 19.1. The van der Waals surface area contributed by atoms with Crippen molar-refractivity contribution in [2.24, 2.45) is 7.05 Å². The number of carbonyl (C=O) groups is 2. The molecule has 1 atom stereocenters. The number of ether oxygens (including phenoxy) is 1. The fourth-order valence-electron chi connectivity index (χ4n) is 3.76. The predicted molar refractivity (Wildman–Crippen MR) is 121 cm³/mol. The van der Waals surface area contributed by atoms with Gasteiger partial charge in [0.05, 0.1) is 25.0 Å². The molecule has 2 amide bonds. The normalized spacial score (nSPS) is 15.3. The molecule has 1 fully saturated rings. The molecule has 0 radical (unpaired) electrons. The fraction of sp³-hybridized carbons (Fsp3) is 0.273. The summed E-state index contributed by atoms with van der Waals surface area (Å²) in [6.45, 7) is 1.81. The van der Waals surface area contributed by atoms with Crippen molar-refractivity contribution in [3.8, 4) is 22.6 Å². The Morgan fingerprint density at radius 3 is 2.82 bits per heavy atom. The Morgan fingerprint density at radius 1 is 1.29 bits per heavy atom. The monoisotopic (exact) mass is 466 g/mol. The van der Waals surface area contributed by atoms with E-state index in [2.05, 4.69) is 25.8 Å². The third-order valence-corrected chi connectivity index (χ3v) is 5.39. The van der Waals surface area contributed by atoms with Gasteiger partial charge in [-0.2, -0.15) is 0 Å². The molecule has 0 spiro atoms. The number of aryl methyl sites for hydroxylation is 1. The molecule has 0 saturated carbocycles. The van der Waals surface area contributed by atoms with Crippen LogP contribution in [0.3, 0.4) is 0 Å². The first-order chi connectivity index (χ1) is 15.9. The van der Waals surface area contributed by atoms with Crippen LogP contribution in [-0.4, -0.2) is 60.8 Å². The van der Waals surface area contributed by atoms with Gasteiger partial charge in [0, 0.05) is 25.7 Å². The molecular weight excluding hydrogens is 443 g/mol. The van der Waals surface area contributed by atoms with E-state index in [4.69, 9.17) is 4.74 Å². The average Bonchev–Trinajstić information content (AvgIpc) is 3.49. The molecule has 1 aromatic carbocycles. The van der Waals surface area contributed by atoms with Crippen LogP contribution in [0.1, 0.15) is 14.4 Å². The van der Waals surface area contributed by atoms with E-state index < -0.39 is 18.0 Å². The lowest BCUT2D eigenvalue weighted by Crippen LogP contribution is -2.33. The zero-order valence-corrected chi connectivity index (χ0v) is 17.8. The second-order valence-corrected chi connectivity index (χ2v) is 7.63. The maximum atomic E-state index is 15.1. The second kappa shape index (κ2) is 8.89. The van der Waals surface area contributed by atoms with Gasteiger partial charge in [-0.15, -0.1) is 5.10 Å². The standard InChI is InChI=1S/C21H19FN8O3.CH4/c1-12(31)23-9-15-11-30(21(32)33-15)14-3-4-16(17(22)8-14)13-5-6-29-18(10-24-19(29)7-13)20-25-26-27-28(20)2;/h3-8,10,15H,9,11H2,1-2H3,(H,23,31);1H4/t15-;/m0./s1. The fourth-order valence-corrected chi connectivity index (χ4v) is 3.76. The number of carbonyl (C=O) groups excluding carboxylic acids is 2. The van der Waals surface area contributed by atoms with Gasteiger partial charge in [0.2, 0.25) is 5.91 Å². The van der Waals surface area contributed by atoms with Gasteiger partial charge in [-0.25, -0.2) is 18.9 Å². The average molecular weight is 466 g/mol. The first-order valence-corrected chi connectivity index (χ1v) is 10.1. The number of nitrogens with one attached hydrogen (secondary N) is 1. The van der Waals surface area contributed by atoms with Crippen LogP contribution in [0.25, 0.3) is 28.3 Å². The zero-order valence-electron chi connectivity index (χ0n) is 17.8. The molecule has 12 heteroatoms. The number of cyclic esters (lactones) is 1. The first kappa shape index (κ1) is 22.8. The van der Waals surface area contributed by atoms with Crippen molar-refractivity contribution >= 4 is 23.3 Å². The molecule has 1 aliphatic heterocycles. The summed E-state index contributed by atoms with van der Waals surface area (Å²) in [7, 11) is 1.73. The summed E-state index contributed by atoms with van der Waals surface area (Å²) in [6.07, 6.45) is 2.35. The van der Waals surface area contributed by atoms with Crippen LogP contribution in [0.4, 0.5) is 14.9 Å². The number of halogens is 1. The largest absolute Gasteiger partial charge is 0.442 e. The molecule has 3 aromatic heterocycles. The number of tetrazole rings is 1. The number of aromatic nitrogens is 6. The molecule has 4 aromatic rings. The molecule has 176 valence electrons. The highest BCUT2D eigenvalue weighted by molar-refractivity contribution is 5.90. The summed E-state index contributed by atoms with van der Waals surface area (Å²) >= 11 is 0. The summed E-state index contributed by atoms with van der Waals surface area (Å²) < 4.78 is 23.7. The highest BCUT2D eigenvalue weighted by Gasteiger charge is 2.32. The lowest BCUT2D eigenvalue weighted by Gasteiger charge is -2.14. The van der Waals surface area contributed by atoms with Crippen molar-refractivity contribution in [2.45, 2.75) is 20.5 Å². The van der Waals surface area contributed by atoms with Crippen molar-refractivity contribution < 1.29 is 18.7 Å². The predicted octanol–water partition coefficient (Wildman–Crippen LogP) is 2.43. The second-order valence-electron chi connectivity index (χ2n) is 7.63. The molecule has 0 bridgehead atoms. The Labute approximate surface area is 194 Å². The SMILES string of the molecule is C.CC(=O)NC[C@H]1CN(c2ccc(-c3ccn4c(-c5nnnn5C)cnc4c3)c(F)c2)C(=O)O1. The number of imidazole rings is 1. The van der Waals surface area contributed by atoms with E-state index in [1.54, 1.807) is 48.4 Å². The lowest BCUT2D eigenvalue weighted by atomic mass is 10.1. The summed E-state index contributed by atoms with van der Waals surface area (Å²) in [5.74, 6) is -0.144. The van der Waals surface area contributed by atoms with Crippen LogP contribution in [-0.2, 0) is 16.6 Å². The van der Waals surface area contributed by atoms with Crippen molar-refractivity contribution in [3.05, 3.63) is 48.5 Å². The van der Waals surface area contributed by atoms with E-state index in [0.717, 1.165) is 0 Å². The number of hydrogen-bond acceptors (Lipinski definition) is 7. The topological polar surface area (TPSA) is 120 Å². The maximum Gasteiger partial charge on any atom is 0.414 e. The number of benzene rings is 1. The Bertz CT molecular complexity index is 1380. The van der Waals surface area contributed by atoms with Gasteiger partial charge in [0.15, 0.2) is 5.82 Å². The Balaban J connectivity index is 0.00000274. The highest BCUT2D eigenvalue weighted by Crippen LogP contribution is 2.30. The molecular formula is C22H23FN8O3. The van der Waals surface area contributed by atoms with Crippen molar-refractivity contribution in [3.63, 3.8) is 0 Å². The van der Waals surface area contributed by atoms with E-state index >= 15 is 4.39 Å². The Hall–Kier alpha value is -4.35. The van der Waals surface area contributed by atoms with Crippen molar-refractivity contribution in [1.82, 2.24) is 34.9 Å². The molecule has 4 heterocycles. The van der Waals surface area contributed by atoms with Crippen LogP contribution in [0.5, 0.6) is 0 Å². The van der Waals surface area contributed by atoms with E-state index in [1.807, 2.05) is 4.40 Å². The minimum absolute atomic E-state index is 0. The minimum Gasteiger partial charge on any atom is -0.442 e. The van der Waals surface area contributed by atoms with E-state index in [9.17, 15) is 9.59 Å². The van der Waals surface area contributed by atoms with Crippen LogP contribution >= 0.6 is 0 Å². The van der Waals surface area contributed by atoms with Gasteiger partial charge in [-0.05, 0) is 46.3 Å². The third kappa shape index (κ3) is 4.05. The molecule has 1 aliphatic rings. The van der Waals surface area contributed by atoms with E-state index in [-0.39, 0.29) is 26.4 Å². The number of pyridine rings is 1. The molecule has 11 nitrogen and oxygen atoms in total. The van der Waals surface area contributed by atoms with E-state index in [0.29, 0.717) is 34.0 Å². The van der Waals surface area contributed by atoms with Crippen LogP contribution in [0.15, 0.2) is 42.7 Å². The number of hydrogen-bond donors (Lipinski definition) is 1. The van der Waals surface area contributed by atoms with Gasteiger partial charge >= 0.3 is 6.09 Å². The molecule has 1 saturated heterocycles. The number of amides is 2. The first-order valence-electron chi connectivity index (χ1n) is 10.1. The lowest BCUT2D eigenvalue weighted by molar-refractivity contribution is -0.119. The van der Waals surface area contributed by atoms with Gasteiger partial charge in [-0.3, -0.25) is 14.1 Å². The number of rotatable bonds is 5. The summed E-state index contributed by atoms with van der Waals surface area (Å²) in [4.78, 5) is 29.0. The Kier molecular flexibility index (Phi) is 5.97. The summed E-state index contributed by atoms with van der Waals surface area (Å²) in [6, 6.07) is 8.10. The third-order valence-electron chi connectivity index (χ3n) is 5.39.